The smallest absolute Gasteiger partial charge is 0.260 e. The highest BCUT2D eigenvalue weighted by atomic mass is 16.3. The van der Waals surface area contributed by atoms with Gasteiger partial charge in [0.1, 0.15) is 12.0 Å². The molecule has 0 aromatic heterocycles. The van der Waals surface area contributed by atoms with Crippen LogP contribution in [0.4, 0.5) is 5.69 Å². The standard InChI is InChI=1S/C17H19N3O4/c1-9-3-5-11-13(14(9)22)19-16(24)17(2)7-10(4-6-12(18)21)8-20(17)15(11)23/h3-6,8,16,19,22,24H,7H2,1-2H3,(H2,18,21)/b6-4+/t16-,17-/m0/s1. The molecule has 2 atom stereocenters. The molecular formula is C17H19N3O4. The molecule has 0 saturated carbocycles. The number of phenols is 1. The number of aryl methyl sites for hydroxylation is 1. The number of primary amides is 1. The normalized spacial score (nSPS) is 25.8. The third-order valence-corrected chi connectivity index (χ3v) is 4.57. The zero-order valence-corrected chi connectivity index (χ0v) is 13.4. The number of nitrogens with one attached hydrogen (secondary N) is 1. The summed E-state index contributed by atoms with van der Waals surface area (Å²) in [5.74, 6) is -0.976. The van der Waals surface area contributed by atoms with E-state index in [1.807, 2.05) is 0 Å². The molecule has 0 spiro atoms. The van der Waals surface area contributed by atoms with Crippen molar-refractivity contribution in [3.63, 3.8) is 0 Å². The van der Waals surface area contributed by atoms with Crippen LogP contribution >= 0.6 is 0 Å². The number of aliphatic hydroxyl groups is 1. The summed E-state index contributed by atoms with van der Waals surface area (Å²) in [6.45, 7) is 3.45. The summed E-state index contributed by atoms with van der Waals surface area (Å²) >= 11 is 0. The molecule has 1 aromatic rings. The molecule has 0 aliphatic carbocycles. The van der Waals surface area contributed by atoms with Crippen LogP contribution in [0, 0.1) is 6.92 Å². The number of aromatic hydroxyl groups is 1. The zero-order chi connectivity index (χ0) is 17.6. The highest BCUT2D eigenvalue weighted by Crippen LogP contribution is 2.43. The van der Waals surface area contributed by atoms with Gasteiger partial charge in [-0.05, 0) is 31.1 Å². The number of nitrogens with zero attached hydrogens (tertiary/aromatic N) is 1. The van der Waals surface area contributed by atoms with Crippen molar-refractivity contribution in [2.24, 2.45) is 5.73 Å². The van der Waals surface area contributed by atoms with Crippen LogP contribution in [-0.4, -0.2) is 38.7 Å². The molecule has 2 heterocycles. The van der Waals surface area contributed by atoms with Crippen molar-refractivity contribution in [1.82, 2.24) is 4.90 Å². The molecule has 0 fully saturated rings. The van der Waals surface area contributed by atoms with Gasteiger partial charge in [0.05, 0.1) is 16.8 Å². The van der Waals surface area contributed by atoms with E-state index < -0.39 is 17.7 Å². The Labute approximate surface area is 139 Å². The van der Waals surface area contributed by atoms with Crippen LogP contribution < -0.4 is 11.1 Å². The van der Waals surface area contributed by atoms with E-state index in [2.05, 4.69) is 5.32 Å². The van der Waals surface area contributed by atoms with Crippen molar-refractivity contribution in [2.45, 2.75) is 32.0 Å². The van der Waals surface area contributed by atoms with Gasteiger partial charge in [0, 0.05) is 18.7 Å². The number of allylic oxidation sites excluding steroid dienone is 1. The van der Waals surface area contributed by atoms with E-state index in [0.29, 0.717) is 17.6 Å². The maximum Gasteiger partial charge on any atom is 0.260 e. The Bertz CT molecular complexity index is 799. The summed E-state index contributed by atoms with van der Waals surface area (Å²) in [5.41, 5.74) is 5.96. The van der Waals surface area contributed by atoms with Crippen LogP contribution in [0.25, 0.3) is 0 Å². The van der Waals surface area contributed by atoms with Crippen molar-refractivity contribution in [1.29, 1.82) is 0 Å². The molecular weight excluding hydrogens is 310 g/mol. The molecule has 7 heteroatoms. The van der Waals surface area contributed by atoms with E-state index in [0.717, 1.165) is 0 Å². The van der Waals surface area contributed by atoms with Gasteiger partial charge in [-0.15, -0.1) is 0 Å². The van der Waals surface area contributed by atoms with Gasteiger partial charge in [0.15, 0.2) is 0 Å². The average Bonchev–Trinajstić information content (AvgIpc) is 2.84. The second-order valence-electron chi connectivity index (χ2n) is 6.35. The van der Waals surface area contributed by atoms with E-state index in [-0.39, 0.29) is 22.9 Å². The highest BCUT2D eigenvalue weighted by Gasteiger charge is 2.48. The van der Waals surface area contributed by atoms with Crippen LogP contribution in [-0.2, 0) is 4.79 Å². The molecule has 0 radical (unpaired) electrons. The third-order valence-electron chi connectivity index (χ3n) is 4.57. The number of anilines is 1. The van der Waals surface area contributed by atoms with Gasteiger partial charge in [-0.3, -0.25) is 9.59 Å². The number of rotatable bonds is 2. The largest absolute Gasteiger partial charge is 0.505 e. The van der Waals surface area contributed by atoms with Gasteiger partial charge in [-0.25, -0.2) is 0 Å². The van der Waals surface area contributed by atoms with Crippen molar-refractivity contribution < 1.29 is 19.8 Å². The summed E-state index contributed by atoms with van der Waals surface area (Å²) in [6.07, 6.45) is 3.58. The Hall–Kier alpha value is -2.80. The number of hydrogen-bond acceptors (Lipinski definition) is 5. The molecule has 2 amide bonds. The van der Waals surface area contributed by atoms with Gasteiger partial charge < -0.3 is 26.2 Å². The molecule has 2 aliphatic rings. The number of phenolic OH excluding ortho intramolecular Hbond substituents is 1. The van der Waals surface area contributed by atoms with E-state index in [1.54, 1.807) is 32.2 Å². The number of carbonyl (C=O) groups excluding carboxylic acids is 2. The van der Waals surface area contributed by atoms with Crippen LogP contribution in [0.5, 0.6) is 5.75 Å². The minimum Gasteiger partial charge on any atom is -0.505 e. The van der Waals surface area contributed by atoms with Crippen LogP contribution in [0.3, 0.4) is 0 Å². The fraction of sp³-hybridized carbons (Fsp3) is 0.294. The van der Waals surface area contributed by atoms with Crippen molar-refractivity contribution in [3.05, 3.63) is 47.2 Å². The minimum atomic E-state index is -1.11. The molecule has 7 nitrogen and oxygen atoms in total. The lowest BCUT2D eigenvalue weighted by Gasteiger charge is -2.36. The number of benzene rings is 1. The molecule has 0 saturated heterocycles. The first kappa shape index (κ1) is 16.1. The molecule has 0 bridgehead atoms. The number of fused-ring (bicyclic) bond motifs is 2. The first-order chi connectivity index (χ1) is 11.2. The summed E-state index contributed by atoms with van der Waals surface area (Å²) in [5, 5.41) is 23.7. The van der Waals surface area contributed by atoms with E-state index in [9.17, 15) is 19.8 Å². The van der Waals surface area contributed by atoms with Crippen LogP contribution in [0.2, 0.25) is 0 Å². The molecule has 2 aliphatic heterocycles. The first-order valence-corrected chi connectivity index (χ1v) is 7.53. The maximum absolute atomic E-state index is 12.9. The van der Waals surface area contributed by atoms with Crippen LogP contribution in [0.15, 0.2) is 36.1 Å². The predicted molar refractivity (Wildman–Crippen MR) is 88.1 cm³/mol. The van der Waals surface area contributed by atoms with Gasteiger partial charge in [0.25, 0.3) is 5.91 Å². The highest BCUT2D eigenvalue weighted by molar-refractivity contribution is 6.03. The number of nitrogens with two attached hydrogens (primary N) is 1. The molecule has 24 heavy (non-hydrogen) atoms. The number of hydrogen-bond donors (Lipinski definition) is 4. The predicted octanol–water partition coefficient (Wildman–Crippen LogP) is 0.975. The Morgan fingerprint density at radius 1 is 1.50 bits per heavy atom. The lowest BCUT2D eigenvalue weighted by molar-refractivity contribution is -0.113. The summed E-state index contributed by atoms with van der Waals surface area (Å²) < 4.78 is 0. The topological polar surface area (TPSA) is 116 Å². The Morgan fingerprint density at radius 2 is 2.21 bits per heavy atom. The lowest BCUT2D eigenvalue weighted by Crippen LogP contribution is -2.53. The molecule has 5 N–H and O–H groups in total. The SMILES string of the molecule is Cc1ccc2c(c1O)N[C@@H](O)[C@]1(C)CC(/C=C/C(N)=O)=CN1C2=O. The monoisotopic (exact) mass is 329 g/mol. The fourth-order valence-electron chi connectivity index (χ4n) is 3.11. The van der Waals surface area contributed by atoms with E-state index >= 15 is 0 Å². The maximum atomic E-state index is 12.9. The second kappa shape index (κ2) is 5.38. The van der Waals surface area contributed by atoms with Gasteiger partial charge >= 0.3 is 0 Å². The van der Waals surface area contributed by atoms with Gasteiger partial charge in [-0.2, -0.15) is 0 Å². The molecule has 126 valence electrons. The Morgan fingerprint density at radius 3 is 2.88 bits per heavy atom. The summed E-state index contributed by atoms with van der Waals surface area (Å²) in [7, 11) is 0. The second-order valence-corrected chi connectivity index (χ2v) is 6.35. The minimum absolute atomic E-state index is 0.0532. The number of aliphatic hydroxyl groups excluding tert-OH is 1. The molecule has 3 rings (SSSR count). The van der Waals surface area contributed by atoms with Crippen LogP contribution in [0.1, 0.15) is 29.3 Å². The van der Waals surface area contributed by atoms with Crippen molar-refractivity contribution in [2.75, 3.05) is 5.32 Å². The molecule has 0 unspecified atom stereocenters. The molecule has 1 aromatic carbocycles. The third kappa shape index (κ3) is 2.33. The summed E-state index contributed by atoms with van der Waals surface area (Å²) in [6, 6.07) is 3.26. The zero-order valence-electron chi connectivity index (χ0n) is 13.4. The van der Waals surface area contributed by atoms with E-state index in [4.69, 9.17) is 5.73 Å². The van der Waals surface area contributed by atoms with E-state index in [1.165, 1.54) is 17.1 Å². The fourth-order valence-corrected chi connectivity index (χ4v) is 3.11. The first-order valence-electron chi connectivity index (χ1n) is 7.53. The lowest BCUT2D eigenvalue weighted by atomic mass is 9.93. The van der Waals surface area contributed by atoms with Gasteiger partial charge in [-0.1, -0.05) is 12.1 Å². The summed E-state index contributed by atoms with van der Waals surface area (Å²) in [4.78, 5) is 25.3. The average molecular weight is 329 g/mol. The number of amides is 2. The Kier molecular flexibility index (Phi) is 3.60. The quantitative estimate of drug-likeness (QED) is 0.477. The van der Waals surface area contributed by atoms with Crippen molar-refractivity contribution in [3.8, 4) is 5.75 Å². The number of carbonyl (C=O) groups is 2. The van der Waals surface area contributed by atoms with Gasteiger partial charge in [0.2, 0.25) is 5.91 Å². The van der Waals surface area contributed by atoms with Crippen molar-refractivity contribution >= 4 is 17.5 Å². The Balaban J connectivity index is 2.08.